The van der Waals surface area contributed by atoms with Crippen LogP contribution in [0.15, 0.2) is 36.5 Å². The second kappa shape index (κ2) is 5.36. The number of hydrogen-bond donors (Lipinski definition) is 2. The highest BCUT2D eigenvalue weighted by molar-refractivity contribution is 5.23. The number of H-pyrrole nitrogens is 1. The number of aromatic nitrogens is 2. The minimum atomic E-state index is 0.111. The second-order valence-electron chi connectivity index (χ2n) is 5.61. The van der Waals surface area contributed by atoms with Crippen LogP contribution in [-0.4, -0.2) is 10.2 Å². The van der Waals surface area contributed by atoms with E-state index >= 15 is 0 Å². The lowest BCUT2D eigenvalue weighted by Gasteiger charge is -2.18. The number of nitrogens with zero attached hydrogens (tertiary/aromatic N) is 1. The van der Waals surface area contributed by atoms with E-state index in [1.54, 1.807) is 0 Å². The molecule has 2 rings (SSSR count). The molecule has 96 valence electrons. The summed E-state index contributed by atoms with van der Waals surface area (Å²) in [6.45, 7) is 8.32. The van der Waals surface area contributed by atoms with Crippen molar-refractivity contribution in [3.05, 3.63) is 53.3 Å². The van der Waals surface area contributed by atoms with Gasteiger partial charge in [0.2, 0.25) is 0 Å². The summed E-state index contributed by atoms with van der Waals surface area (Å²) in [4.78, 5) is 0. The lowest BCUT2D eigenvalue weighted by molar-refractivity contribution is 0.553. The molecule has 1 heterocycles. The van der Waals surface area contributed by atoms with E-state index in [-0.39, 0.29) is 5.41 Å². The Labute approximate surface area is 109 Å². The van der Waals surface area contributed by atoms with Gasteiger partial charge in [-0.15, -0.1) is 0 Å². The van der Waals surface area contributed by atoms with Gasteiger partial charge < -0.3 is 5.32 Å². The van der Waals surface area contributed by atoms with Crippen LogP contribution in [0.1, 0.15) is 37.6 Å². The smallest absolute Gasteiger partial charge is 0.0535 e. The third-order valence-electron chi connectivity index (χ3n) is 2.96. The fraction of sp³-hybridized carbons (Fsp3) is 0.400. The van der Waals surface area contributed by atoms with Crippen LogP contribution in [-0.2, 0) is 18.5 Å². The van der Waals surface area contributed by atoms with E-state index in [2.05, 4.69) is 60.6 Å². The number of benzene rings is 1. The maximum absolute atomic E-state index is 4.15. The standard InChI is InChI=1S/C15H21N3/c1-15(2,3)14-13(11-17-18-14)10-16-9-12-7-5-4-6-8-12/h4-8,11,16H,9-10H2,1-3H3,(H,17,18). The van der Waals surface area contributed by atoms with Crippen molar-refractivity contribution < 1.29 is 0 Å². The van der Waals surface area contributed by atoms with Crippen LogP contribution in [0, 0.1) is 0 Å². The van der Waals surface area contributed by atoms with Crippen molar-refractivity contribution in [1.29, 1.82) is 0 Å². The van der Waals surface area contributed by atoms with Gasteiger partial charge in [0.15, 0.2) is 0 Å². The first kappa shape index (κ1) is 12.8. The molecule has 0 atom stereocenters. The molecule has 3 nitrogen and oxygen atoms in total. The topological polar surface area (TPSA) is 40.7 Å². The minimum absolute atomic E-state index is 0.111. The summed E-state index contributed by atoms with van der Waals surface area (Å²) in [5.41, 5.74) is 3.88. The van der Waals surface area contributed by atoms with Gasteiger partial charge in [-0.3, -0.25) is 5.10 Å². The van der Waals surface area contributed by atoms with Crippen LogP contribution in [0.5, 0.6) is 0 Å². The molecule has 0 radical (unpaired) electrons. The Bertz CT molecular complexity index is 480. The van der Waals surface area contributed by atoms with E-state index in [0.29, 0.717) is 0 Å². The normalized spacial score (nSPS) is 11.7. The number of rotatable bonds is 4. The van der Waals surface area contributed by atoms with Crippen LogP contribution in [0.4, 0.5) is 0 Å². The van der Waals surface area contributed by atoms with Gasteiger partial charge in [-0.2, -0.15) is 5.10 Å². The molecular formula is C15H21N3. The lowest BCUT2D eigenvalue weighted by atomic mass is 9.89. The Hall–Kier alpha value is -1.61. The molecule has 2 N–H and O–H groups in total. The molecule has 0 bridgehead atoms. The average molecular weight is 243 g/mol. The third-order valence-corrected chi connectivity index (χ3v) is 2.96. The second-order valence-corrected chi connectivity index (χ2v) is 5.61. The summed E-state index contributed by atoms with van der Waals surface area (Å²) in [6, 6.07) is 10.4. The highest BCUT2D eigenvalue weighted by Gasteiger charge is 2.19. The van der Waals surface area contributed by atoms with Gasteiger partial charge in [-0.05, 0) is 5.56 Å². The first-order valence-corrected chi connectivity index (χ1v) is 6.35. The molecule has 0 saturated carbocycles. The number of aromatic amines is 1. The summed E-state index contributed by atoms with van der Waals surface area (Å²) in [5, 5.41) is 10.7. The molecule has 18 heavy (non-hydrogen) atoms. The monoisotopic (exact) mass is 243 g/mol. The Morgan fingerprint density at radius 3 is 2.50 bits per heavy atom. The molecule has 0 amide bonds. The molecule has 0 spiro atoms. The van der Waals surface area contributed by atoms with Crippen molar-refractivity contribution >= 4 is 0 Å². The highest BCUT2D eigenvalue weighted by atomic mass is 15.1. The minimum Gasteiger partial charge on any atom is -0.308 e. The zero-order valence-electron chi connectivity index (χ0n) is 11.3. The molecule has 0 saturated heterocycles. The van der Waals surface area contributed by atoms with Crippen molar-refractivity contribution in [2.75, 3.05) is 0 Å². The van der Waals surface area contributed by atoms with Crippen LogP contribution in [0.2, 0.25) is 0 Å². The van der Waals surface area contributed by atoms with Crippen LogP contribution >= 0.6 is 0 Å². The zero-order chi connectivity index (χ0) is 13.0. The molecule has 1 aromatic carbocycles. The summed E-state index contributed by atoms with van der Waals surface area (Å²) < 4.78 is 0. The zero-order valence-corrected chi connectivity index (χ0v) is 11.3. The Balaban J connectivity index is 1.93. The summed E-state index contributed by atoms with van der Waals surface area (Å²) in [5.74, 6) is 0. The molecule has 0 unspecified atom stereocenters. The van der Waals surface area contributed by atoms with E-state index < -0.39 is 0 Å². The van der Waals surface area contributed by atoms with Crippen LogP contribution in [0.25, 0.3) is 0 Å². The molecule has 2 aromatic rings. The Kier molecular flexibility index (Phi) is 3.82. The van der Waals surface area contributed by atoms with Gasteiger partial charge in [0.05, 0.1) is 6.20 Å². The largest absolute Gasteiger partial charge is 0.308 e. The maximum Gasteiger partial charge on any atom is 0.0535 e. The van der Waals surface area contributed by atoms with Crippen LogP contribution in [0.3, 0.4) is 0 Å². The lowest BCUT2D eigenvalue weighted by Crippen LogP contribution is -2.18. The van der Waals surface area contributed by atoms with Crippen molar-refractivity contribution in [1.82, 2.24) is 15.5 Å². The molecule has 1 aromatic heterocycles. The van der Waals surface area contributed by atoms with E-state index in [4.69, 9.17) is 0 Å². The molecule has 0 aliphatic heterocycles. The quantitative estimate of drug-likeness (QED) is 0.866. The van der Waals surface area contributed by atoms with Crippen LogP contribution < -0.4 is 5.32 Å². The van der Waals surface area contributed by atoms with Crippen molar-refractivity contribution in [2.45, 2.75) is 39.3 Å². The Morgan fingerprint density at radius 2 is 1.83 bits per heavy atom. The van der Waals surface area contributed by atoms with Gasteiger partial charge in [0.1, 0.15) is 0 Å². The number of nitrogens with one attached hydrogen (secondary N) is 2. The summed E-state index contributed by atoms with van der Waals surface area (Å²) in [7, 11) is 0. The molecule has 0 aliphatic rings. The molecule has 0 aliphatic carbocycles. The SMILES string of the molecule is CC(C)(C)c1[nH]ncc1CNCc1ccccc1. The predicted molar refractivity (Wildman–Crippen MR) is 74.3 cm³/mol. The van der Waals surface area contributed by atoms with E-state index in [1.807, 2.05) is 12.3 Å². The fourth-order valence-corrected chi connectivity index (χ4v) is 2.03. The Morgan fingerprint density at radius 1 is 1.11 bits per heavy atom. The van der Waals surface area contributed by atoms with E-state index in [9.17, 15) is 0 Å². The first-order chi connectivity index (χ1) is 8.57. The summed E-state index contributed by atoms with van der Waals surface area (Å²) >= 11 is 0. The average Bonchev–Trinajstić information content (AvgIpc) is 2.78. The molecule has 0 fully saturated rings. The first-order valence-electron chi connectivity index (χ1n) is 6.35. The predicted octanol–water partition coefficient (Wildman–Crippen LogP) is 3.00. The van der Waals surface area contributed by atoms with Crippen molar-refractivity contribution in [3.8, 4) is 0 Å². The van der Waals surface area contributed by atoms with E-state index in [1.165, 1.54) is 16.8 Å². The van der Waals surface area contributed by atoms with Gasteiger partial charge in [0, 0.05) is 29.8 Å². The number of hydrogen-bond acceptors (Lipinski definition) is 2. The molecule has 3 heteroatoms. The summed E-state index contributed by atoms with van der Waals surface area (Å²) in [6.07, 6.45) is 1.92. The van der Waals surface area contributed by atoms with Gasteiger partial charge >= 0.3 is 0 Å². The van der Waals surface area contributed by atoms with E-state index in [0.717, 1.165) is 13.1 Å². The van der Waals surface area contributed by atoms with Crippen molar-refractivity contribution in [2.24, 2.45) is 0 Å². The molecular weight excluding hydrogens is 222 g/mol. The maximum atomic E-state index is 4.15. The fourth-order valence-electron chi connectivity index (χ4n) is 2.03. The van der Waals surface area contributed by atoms with Crippen molar-refractivity contribution in [3.63, 3.8) is 0 Å². The third kappa shape index (κ3) is 3.20. The van der Waals surface area contributed by atoms with Gasteiger partial charge in [-0.1, -0.05) is 51.1 Å². The highest BCUT2D eigenvalue weighted by Crippen LogP contribution is 2.23. The van der Waals surface area contributed by atoms with Gasteiger partial charge in [-0.25, -0.2) is 0 Å². The van der Waals surface area contributed by atoms with Gasteiger partial charge in [0.25, 0.3) is 0 Å².